The number of halogens is 4. The molecule has 0 saturated heterocycles. The minimum atomic E-state index is -3.22. The van der Waals surface area contributed by atoms with Gasteiger partial charge in [-0.05, 0) is 182 Å². The molecule has 6 nitrogen and oxygen atoms in total. The number of nitrogens with zero attached hydrogens (tertiary/aromatic N) is 3. The van der Waals surface area contributed by atoms with Crippen LogP contribution in [0.2, 0.25) is 0 Å². The second-order valence-electron chi connectivity index (χ2n) is 13.3. The fourth-order valence-corrected chi connectivity index (χ4v) is 11.7. The van der Waals surface area contributed by atoms with Gasteiger partial charge in [-0.15, -0.1) is 79.4 Å². The van der Waals surface area contributed by atoms with Crippen molar-refractivity contribution in [3.63, 3.8) is 0 Å². The number of carbonyl (C=O) groups excluding carboxylic acids is 1. The maximum Gasteiger partial charge on any atom is 0.339 e. The van der Waals surface area contributed by atoms with E-state index in [1.54, 1.807) is 97.8 Å². The van der Waals surface area contributed by atoms with Gasteiger partial charge < -0.3 is 4.74 Å². The Balaban J connectivity index is 0.000000225. The number of hydrogen-bond donors (Lipinski definition) is 0. The zero-order valence-electron chi connectivity index (χ0n) is 39.1. The van der Waals surface area contributed by atoms with Crippen LogP contribution in [0.1, 0.15) is 64.7 Å². The summed E-state index contributed by atoms with van der Waals surface area (Å²) in [5.41, 5.74) is 1.37. The first-order chi connectivity index (χ1) is 35.9. The minimum absolute atomic E-state index is 0.553. The van der Waals surface area contributed by atoms with Gasteiger partial charge >= 0.3 is 5.20 Å². The standard InChI is InChI=1S/C24H14N2S4.C12H10O2S2.C10H8S2.C6H5NS.CH3F.Cl3OP/c1-26-22(24-5-3-13-28-24)15-21-11-9-19(30-21)7-6-18-8-10-20(29-18)14-17(16-25)23-4-2-12-27-23;1-14-12-7-6-10(16-12)3-2-9-4-5-11(8-13)15-9;1-3-9(11-7-1)5-6-10-4-2-8-12-10;7-4-3-6-2-1-5-8-6;1-2;1-5(2,3)4/h2-15H;2-8H,1H3;1-8H;1-2,5H,3H2;1H3;/b7-6+,17-14+,22-15-;3-2+;6-5+;;;/i;;;;1D;. The fraction of sp³-hybridized carbons (Fsp3) is 0.0566. The molecule has 0 N–H and O–H groups in total. The topological polar surface area (TPSA) is 95.3 Å². The number of thiophene rings is 9. The molecule has 0 amide bonds. The van der Waals surface area contributed by atoms with Crippen molar-refractivity contribution in [2.24, 2.45) is 0 Å². The number of hydrogen-bond acceptors (Lipinski definition) is 14. The molecular formula is C53H40Cl3FN3O3PS9. The van der Waals surface area contributed by atoms with Crippen molar-refractivity contribution in [1.82, 2.24) is 0 Å². The average molecular weight is 1210 g/mol. The van der Waals surface area contributed by atoms with Crippen molar-refractivity contribution in [2.45, 2.75) is 6.42 Å². The van der Waals surface area contributed by atoms with Gasteiger partial charge in [-0.1, -0.05) is 47.7 Å². The predicted molar refractivity (Wildman–Crippen MR) is 327 cm³/mol. The third-order valence-corrected chi connectivity index (χ3v) is 16.7. The van der Waals surface area contributed by atoms with Gasteiger partial charge in [0.25, 0.3) is 0 Å². The van der Waals surface area contributed by atoms with E-state index in [1.807, 2.05) is 113 Å². The first-order valence-electron chi connectivity index (χ1n) is 21.3. The number of methoxy groups -OCH3 is 1. The summed E-state index contributed by atoms with van der Waals surface area (Å²) in [4.78, 5) is 27.3. The van der Waals surface area contributed by atoms with Gasteiger partial charge in [0.1, 0.15) is 6.07 Å². The van der Waals surface area contributed by atoms with Gasteiger partial charge in [0.15, 0.2) is 11.3 Å². The minimum Gasteiger partial charge on any atom is -0.487 e. The molecule has 0 aromatic carbocycles. The Morgan fingerprint density at radius 3 is 1.47 bits per heavy atom. The number of aldehydes is 1. The van der Waals surface area contributed by atoms with Crippen molar-refractivity contribution < 1.29 is 19.9 Å². The van der Waals surface area contributed by atoms with Crippen molar-refractivity contribution in [1.29, 1.82) is 10.5 Å². The lowest BCUT2D eigenvalue weighted by Gasteiger charge is -1.92. The van der Waals surface area contributed by atoms with E-state index in [0.717, 1.165) is 60.1 Å². The van der Waals surface area contributed by atoms with Gasteiger partial charge in [-0.25, -0.2) is 4.85 Å². The molecule has 0 saturated carbocycles. The Morgan fingerprint density at radius 2 is 1.05 bits per heavy atom. The number of carbonyl (C=O) groups is 1. The first-order valence-corrected chi connectivity index (χ1v) is 32.7. The molecule has 0 bridgehead atoms. The summed E-state index contributed by atoms with van der Waals surface area (Å²) in [5, 5.41) is 25.4. The number of rotatable bonds is 13. The van der Waals surface area contributed by atoms with Gasteiger partial charge in [-0.3, -0.25) is 13.8 Å². The quantitative estimate of drug-likeness (QED) is 0.0496. The monoisotopic (exact) mass is 1210 g/mol. The van der Waals surface area contributed by atoms with Gasteiger partial charge in [0, 0.05) is 53.6 Å². The highest BCUT2D eigenvalue weighted by Gasteiger charge is 2.06. The second kappa shape index (κ2) is 34.5. The van der Waals surface area contributed by atoms with Gasteiger partial charge in [-0.2, -0.15) is 21.9 Å². The molecule has 0 aliphatic heterocycles. The van der Waals surface area contributed by atoms with Crippen LogP contribution in [0.5, 0.6) is 5.06 Å². The molecule has 0 radical (unpaired) electrons. The van der Waals surface area contributed by atoms with E-state index in [4.69, 9.17) is 17.9 Å². The van der Waals surface area contributed by atoms with Crippen LogP contribution in [0.25, 0.3) is 64.7 Å². The van der Waals surface area contributed by atoms with E-state index in [2.05, 4.69) is 122 Å². The third kappa shape index (κ3) is 24.2. The Bertz CT molecular complexity index is 3180. The van der Waals surface area contributed by atoms with Crippen LogP contribution in [0.15, 0.2) is 136 Å². The maximum atomic E-state index is 10.5. The lowest BCUT2D eigenvalue weighted by atomic mass is 10.2. The van der Waals surface area contributed by atoms with Crippen molar-refractivity contribution in [2.75, 3.05) is 14.3 Å². The highest BCUT2D eigenvalue weighted by atomic mass is 36.0. The van der Waals surface area contributed by atoms with Crippen molar-refractivity contribution in [3.05, 3.63) is 206 Å². The van der Waals surface area contributed by atoms with E-state index in [-0.39, 0.29) is 0 Å². The molecule has 9 aromatic heterocycles. The normalized spacial score (nSPS) is 11.2. The molecule has 9 rings (SSSR count). The molecule has 0 aliphatic carbocycles. The van der Waals surface area contributed by atoms with E-state index >= 15 is 0 Å². The summed E-state index contributed by atoms with van der Waals surface area (Å²) >= 11 is 28.5. The average Bonchev–Trinajstić information content (AvgIpc) is 4.22. The number of allylic oxidation sites excluding steroid dienone is 1. The van der Waals surface area contributed by atoms with Crippen LogP contribution in [-0.4, -0.2) is 20.5 Å². The van der Waals surface area contributed by atoms with E-state index in [1.165, 1.54) is 21.1 Å². The molecule has 0 atom stereocenters. The Labute approximate surface area is 476 Å². The molecule has 73 heavy (non-hydrogen) atoms. The van der Waals surface area contributed by atoms with Gasteiger partial charge in [0.05, 0.1) is 45.1 Å². The molecule has 9 heterocycles. The second-order valence-corrected chi connectivity index (χ2v) is 29.4. The molecule has 0 spiro atoms. The van der Waals surface area contributed by atoms with E-state index in [9.17, 15) is 19.0 Å². The zero-order chi connectivity index (χ0) is 53.4. The molecule has 372 valence electrons. The lowest BCUT2D eigenvalue weighted by Crippen LogP contribution is -1.73. The smallest absolute Gasteiger partial charge is 0.339 e. The zero-order valence-corrected chi connectivity index (χ0v) is 48.6. The number of alkyl halides is 1. The van der Waals surface area contributed by atoms with Crippen LogP contribution >= 0.6 is 141 Å². The largest absolute Gasteiger partial charge is 0.487 e. The third-order valence-electron chi connectivity index (χ3n) is 8.38. The first kappa shape index (κ1) is 58.9. The summed E-state index contributed by atoms with van der Waals surface area (Å²) < 4.78 is 30.1. The molecule has 20 heteroatoms. The Hall–Kier alpha value is -5.03. The molecular weight excluding hydrogens is 1170 g/mol. The summed E-state index contributed by atoms with van der Waals surface area (Å²) in [6.07, 6.45) is 17.8. The number of ether oxygens (including phenoxy) is 1. The lowest BCUT2D eigenvalue weighted by molar-refractivity contribution is 0.112. The van der Waals surface area contributed by atoms with Gasteiger partial charge in [0.2, 0.25) is 5.70 Å². The van der Waals surface area contributed by atoms with Crippen LogP contribution in [0.3, 0.4) is 0 Å². The van der Waals surface area contributed by atoms with E-state index in [0.29, 0.717) is 17.7 Å². The maximum absolute atomic E-state index is 10.5. The highest BCUT2D eigenvalue weighted by Crippen LogP contribution is 2.61. The summed E-state index contributed by atoms with van der Waals surface area (Å²) in [5.74, 6) is 0. The van der Waals surface area contributed by atoms with Crippen molar-refractivity contribution in [3.8, 4) is 17.2 Å². The van der Waals surface area contributed by atoms with Crippen molar-refractivity contribution >= 4 is 207 Å². The predicted octanol–water partition coefficient (Wildman–Crippen LogP) is 21.6. The highest BCUT2D eigenvalue weighted by molar-refractivity contribution is 8.24. The summed E-state index contributed by atoms with van der Waals surface area (Å²) in [6, 6.07) is 40.5. The van der Waals surface area contributed by atoms with Crippen LogP contribution in [-0.2, 0) is 11.0 Å². The molecule has 0 aliphatic rings. The SMILES string of the molecule is C(=C\c1cccs1)/c1cccs1.COc1ccc(/C=C/c2ccc(C=O)s2)s1.N#CCc1cccs1.O=P(Cl)(Cl)Cl.[2H]CF.[C-]#[N+]/C(=C\c1ccc(/C=C/c2ccc(/C=C(\C#N)c3cccs3)s2)s1)c1cccs1. The van der Waals surface area contributed by atoms with E-state index < -0.39 is 12.4 Å². The van der Waals surface area contributed by atoms with Crippen LogP contribution in [0, 0.1) is 29.2 Å². The summed E-state index contributed by atoms with van der Waals surface area (Å²) in [7, 11) is 0.662. The molecule has 0 fully saturated rings. The molecule has 0 unspecified atom stereocenters. The van der Waals surface area contributed by atoms with Crippen LogP contribution < -0.4 is 4.74 Å². The Kier molecular flexibility index (Phi) is 27.8. The number of nitriles is 2. The summed E-state index contributed by atoms with van der Waals surface area (Å²) in [6.45, 7) is 7.43. The van der Waals surface area contributed by atoms with Crippen LogP contribution in [0.4, 0.5) is 4.39 Å². The fourth-order valence-electron chi connectivity index (χ4n) is 5.33. The molecule has 9 aromatic rings. The Morgan fingerprint density at radius 1 is 0.630 bits per heavy atom.